The summed E-state index contributed by atoms with van der Waals surface area (Å²) in [6, 6.07) is 0.187. The number of carbonyl (C=O) groups excluding carboxylic acids is 2. The number of carboxylic acid groups (broad SMARTS) is 1. The molecule has 1 aliphatic heterocycles. The van der Waals surface area contributed by atoms with Crippen molar-refractivity contribution in [1.29, 1.82) is 0 Å². The van der Waals surface area contributed by atoms with Crippen molar-refractivity contribution in [3.63, 3.8) is 0 Å². The number of thiophene rings is 1. The minimum atomic E-state index is -1.00. The average Bonchev–Trinajstić information content (AvgIpc) is 3.24. The summed E-state index contributed by atoms with van der Waals surface area (Å²) in [7, 11) is 1.82. The van der Waals surface area contributed by atoms with E-state index in [1.54, 1.807) is 17.7 Å². The van der Waals surface area contributed by atoms with E-state index in [0.717, 1.165) is 15.9 Å². The van der Waals surface area contributed by atoms with Gasteiger partial charge in [0.15, 0.2) is 0 Å². The number of amides is 2. The van der Waals surface area contributed by atoms with Gasteiger partial charge in [-0.2, -0.15) is 5.10 Å². The maximum Gasteiger partial charge on any atom is 0.326 e. The lowest BCUT2D eigenvalue weighted by molar-refractivity contribution is -0.148. The molecule has 8 nitrogen and oxygen atoms in total. The Hall–Kier alpha value is -2.42. The number of rotatable bonds is 4. The van der Waals surface area contributed by atoms with Gasteiger partial charge in [-0.15, -0.1) is 11.3 Å². The number of nitrogens with one attached hydrogen (secondary N) is 1. The molecule has 0 aromatic carbocycles. The van der Waals surface area contributed by atoms with Crippen LogP contribution in [0, 0.1) is 6.92 Å². The first-order valence-corrected chi connectivity index (χ1v) is 8.88. The number of likely N-dealkylation sites (tertiary alicyclic amines) is 1. The molecular weight excluding hydrogens is 344 g/mol. The lowest BCUT2D eigenvalue weighted by Gasteiger charge is -2.25. The second kappa shape index (κ2) is 6.47. The maximum atomic E-state index is 12.5. The largest absolute Gasteiger partial charge is 0.480 e. The number of aryl methyl sites for hydroxylation is 2. The van der Waals surface area contributed by atoms with Gasteiger partial charge in [0.25, 0.3) is 5.91 Å². The Bertz CT molecular complexity index is 821. The number of aromatic nitrogens is 2. The first kappa shape index (κ1) is 17.4. The van der Waals surface area contributed by atoms with Crippen LogP contribution in [0.5, 0.6) is 0 Å². The summed E-state index contributed by atoms with van der Waals surface area (Å²) in [5, 5.41) is 17.1. The molecule has 3 rings (SSSR count). The number of carbonyl (C=O) groups is 3. The molecular formula is C16H20N4O4S. The van der Waals surface area contributed by atoms with Gasteiger partial charge in [-0.3, -0.25) is 14.3 Å². The first-order chi connectivity index (χ1) is 11.8. The van der Waals surface area contributed by atoms with Crippen LogP contribution in [-0.4, -0.2) is 56.2 Å². The van der Waals surface area contributed by atoms with Gasteiger partial charge in [0, 0.05) is 19.0 Å². The number of hydrogen-bond acceptors (Lipinski definition) is 5. The third kappa shape index (κ3) is 3.11. The molecule has 2 atom stereocenters. The number of hydrogen-bond donors (Lipinski definition) is 2. The van der Waals surface area contributed by atoms with E-state index in [1.165, 1.54) is 16.2 Å². The van der Waals surface area contributed by atoms with Gasteiger partial charge in [-0.25, -0.2) is 4.79 Å². The van der Waals surface area contributed by atoms with Crippen LogP contribution in [0.15, 0.2) is 6.07 Å². The van der Waals surface area contributed by atoms with Crippen LogP contribution >= 0.6 is 11.3 Å². The molecule has 2 aromatic rings. The van der Waals surface area contributed by atoms with Crippen molar-refractivity contribution >= 4 is 39.3 Å². The molecule has 3 heterocycles. The molecule has 9 heteroatoms. The third-order valence-corrected chi connectivity index (χ3v) is 5.66. The van der Waals surface area contributed by atoms with E-state index in [-0.39, 0.29) is 11.8 Å². The molecule has 0 bridgehead atoms. The third-order valence-electron chi connectivity index (χ3n) is 4.46. The normalized spacial score (nSPS) is 18.5. The van der Waals surface area contributed by atoms with Gasteiger partial charge in [0.05, 0.1) is 10.6 Å². The van der Waals surface area contributed by atoms with Crippen molar-refractivity contribution in [1.82, 2.24) is 20.0 Å². The summed E-state index contributed by atoms with van der Waals surface area (Å²) in [5.74, 6) is -1.71. The lowest BCUT2D eigenvalue weighted by atomic mass is 10.2. The fourth-order valence-electron chi connectivity index (χ4n) is 3.18. The summed E-state index contributed by atoms with van der Waals surface area (Å²) in [4.78, 5) is 38.9. The van der Waals surface area contributed by atoms with Crippen LogP contribution in [0.2, 0.25) is 0 Å². The topological polar surface area (TPSA) is 105 Å². The molecule has 2 amide bonds. The minimum Gasteiger partial charge on any atom is -0.480 e. The quantitative estimate of drug-likeness (QED) is 0.846. The van der Waals surface area contributed by atoms with E-state index in [4.69, 9.17) is 0 Å². The molecule has 1 fully saturated rings. The Morgan fingerprint density at radius 1 is 1.44 bits per heavy atom. The Balaban J connectivity index is 1.72. The minimum absolute atomic E-state index is 0.340. The van der Waals surface area contributed by atoms with Gasteiger partial charge in [0.2, 0.25) is 5.91 Å². The second-order valence-electron chi connectivity index (χ2n) is 6.26. The zero-order valence-electron chi connectivity index (χ0n) is 14.3. The second-order valence-corrected chi connectivity index (χ2v) is 7.29. The molecule has 25 heavy (non-hydrogen) atoms. The van der Waals surface area contributed by atoms with Gasteiger partial charge < -0.3 is 15.3 Å². The van der Waals surface area contributed by atoms with Gasteiger partial charge >= 0.3 is 5.97 Å². The molecule has 0 radical (unpaired) electrons. The molecule has 2 unspecified atom stereocenters. The molecule has 0 saturated carbocycles. The molecule has 1 saturated heterocycles. The van der Waals surface area contributed by atoms with Crippen LogP contribution in [0.4, 0.5) is 0 Å². The highest BCUT2D eigenvalue weighted by Crippen LogP contribution is 2.27. The first-order valence-electron chi connectivity index (χ1n) is 8.07. The lowest BCUT2D eigenvalue weighted by Crippen LogP contribution is -2.50. The summed E-state index contributed by atoms with van der Waals surface area (Å²) in [6.45, 7) is 3.86. The Labute approximate surface area is 148 Å². The standard InChI is InChI=1S/C16H20N4O4S/c1-8-10-7-12(25-15(10)19(3)18-8)13(21)17-9(2)14(22)20-6-4-5-11(20)16(23)24/h7,9,11H,4-6H2,1-3H3,(H,17,21)(H,23,24). The highest BCUT2D eigenvalue weighted by molar-refractivity contribution is 7.20. The molecule has 2 N–H and O–H groups in total. The van der Waals surface area contributed by atoms with Crippen molar-refractivity contribution in [2.75, 3.05) is 6.54 Å². The van der Waals surface area contributed by atoms with Crippen LogP contribution < -0.4 is 5.32 Å². The monoisotopic (exact) mass is 364 g/mol. The number of nitrogens with zero attached hydrogens (tertiary/aromatic N) is 3. The van der Waals surface area contributed by atoms with Gasteiger partial charge in [-0.1, -0.05) is 0 Å². The number of aliphatic carboxylic acids is 1. The van der Waals surface area contributed by atoms with Crippen LogP contribution in [0.3, 0.4) is 0 Å². The van der Waals surface area contributed by atoms with Crippen molar-refractivity contribution in [3.05, 3.63) is 16.6 Å². The van der Waals surface area contributed by atoms with Crippen LogP contribution in [0.25, 0.3) is 10.2 Å². The number of fused-ring (bicyclic) bond motifs is 1. The van der Waals surface area contributed by atoms with E-state index < -0.39 is 18.1 Å². The summed E-state index contributed by atoms with van der Waals surface area (Å²) in [6.07, 6.45) is 1.11. The van der Waals surface area contributed by atoms with Crippen molar-refractivity contribution in [2.24, 2.45) is 7.05 Å². The molecule has 0 aliphatic carbocycles. The number of carboxylic acids is 1. The smallest absolute Gasteiger partial charge is 0.326 e. The van der Waals surface area contributed by atoms with Crippen molar-refractivity contribution in [2.45, 2.75) is 38.8 Å². The average molecular weight is 364 g/mol. The van der Waals surface area contributed by atoms with Crippen LogP contribution in [0.1, 0.15) is 35.1 Å². The van der Waals surface area contributed by atoms with Crippen molar-refractivity contribution in [3.8, 4) is 0 Å². The summed E-state index contributed by atoms with van der Waals surface area (Å²) in [5.41, 5.74) is 0.846. The SMILES string of the molecule is Cc1nn(C)c2sc(C(=O)NC(C)C(=O)N3CCCC3C(=O)O)cc12. The van der Waals surface area contributed by atoms with E-state index in [9.17, 15) is 19.5 Å². The van der Waals surface area contributed by atoms with Crippen LogP contribution in [-0.2, 0) is 16.6 Å². The van der Waals surface area contributed by atoms with Gasteiger partial charge in [0.1, 0.15) is 16.9 Å². The summed E-state index contributed by atoms with van der Waals surface area (Å²) >= 11 is 1.31. The zero-order valence-corrected chi connectivity index (χ0v) is 15.1. The molecule has 134 valence electrons. The molecule has 2 aromatic heterocycles. The van der Waals surface area contributed by atoms with E-state index in [0.29, 0.717) is 24.3 Å². The molecule has 0 spiro atoms. The fourth-order valence-corrected chi connectivity index (χ4v) is 4.21. The van der Waals surface area contributed by atoms with Gasteiger partial charge in [-0.05, 0) is 32.8 Å². The Morgan fingerprint density at radius 2 is 2.16 bits per heavy atom. The molecule has 1 aliphatic rings. The van der Waals surface area contributed by atoms with Crippen molar-refractivity contribution < 1.29 is 19.5 Å². The van der Waals surface area contributed by atoms with E-state index in [2.05, 4.69) is 10.4 Å². The highest BCUT2D eigenvalue weighted by Gasteiger charge is 2.36. The van der Waals surface area contributed by atoms with E-state index >= 15 is 0 Å². The van der Waals surface area contributed by atoms with E-state index in [1.807, 2.05) is 14.0 Å². The fraction of sp³-hybridized carbons (Fsp3) is 0.500. The summed E-state index contributed by atoms with van der Waals surface area (Å²) < 4.78 is 1.72. The Kier molecular flexibility index (Phi) is 4.51. The zero-order chi connectivity index (χ0) is 18.3. The highest BCUT2D eigenvalue weighted by atomic mass is 32.1. The Morgan fingerprint density at radius 3 is 2.80 bits per heavy atom. The predicted octanol–water partition coefficient (Wildman–Crippen LogP) is 1.14. The predicted molar refractivity (Wildman–Crippen MR) is 92.6 cm³/mol. The maximum absolute atomic E-state index is 12.5.